The molecule has 1 fully saturated rings. The molecule has 3 aromatic rings. The summed E-state index contributed by atoms with van der Waals surface area (Å²) in [5.41, 5.74) is 1.52. The van der Waals surface area contributed by atoms with E-state index in [0.717, 1.165) is 4.31 Å². The number of carbonyl (C=O) groups excluding carboxylic acids is 1. The van der Waals surface area contributed by atoms with Crippen molar-refractivity contribution in [3.63, 3.8) is 0 Å². The summed E-state index contributed by atoms with van der Waals surface area (Å²) in [4.78, 5) is 24.0. The van der Waals surface area contributed by atoms with Gasteiger partial charge in [-0.15, -0.1) is 0 Å². The largest absolute Gasteiger partial charge is 0.480 e. The topological polar surface area (TPSA) is 129 Å². The minimum atomic E-state index is -4.07. The number of carboxylic acids is 1. The predicted molar refractivity (Wildman–Crippen MR) is 133 cm³/mol. The smallest absolute Gasteiger partial charge is 0.323 e. The quantitative estimate of drug-likeness (QED) is 0.476. The maximum atomic E-state index is 13.5. The van der Waals surface area contributed by atoms with Gasteiger partial charge in [0, 0.05) is 45.6 Å². The first-order chi connectivity index (χ1) is 15.9. The molecule has 0 radical (unpaired) electrons. The van der Waals surface area contributed by atoms with E-state index in [0.29, 0.717) is 33.4 Å². The Hall–Kier alpha value is -2.76. The summed E-state index contributed by atoms with van der Waals surface area (Å²) in [6.45, 7) is 7.33. The van der Waals surface area contributed by atoms with Crippen molar-refractivity contribution >= 4 is 61.4 Å². The van der Waals surface area contributed by atoms with Crippen LogP contribution in [0.15, 0.2) is 45.7 Å². The molecule has 11 heteroatoms. The van der Waals surface area contributed by atoms with Crippen molar-refractivity contribution in [3.8, 4) is 0 Å². The Labute approximate surface area is 201 Å². The van der Waals surface area contributed by atoms with Crippen molar-refractivity contribution in [2.45, 2.75) is 49.4 Å². The lowest BCUT2D eigenvalue weighted by Gasteiger charge is -2.42. The van der Waals surface area contributed by atoms with E-state index >= 15 is 0 Å². The van der Waals surface area contributed by atoms with Gasteiger partial charge in [0.1, 0.15) is 17.2 Å². The normalized spacial score (nSPS) is 18.9. The van der Waals surface area contributed by atoms with Gasteiger partial charge in [-0.3, -0.25) is 4.79 Å². The van der Waals surface area contributed by atoms with Crippen LogP contribution >= 0.6 is 11.8 Å². The number of rotatable bonds is 5. The first kappa shape index (κ1) is 24.4. The highest BCUT2D eigenvalue weighted by atomic mass is 32.2. The number of aliphatic carboxylic acids is 1. The number of urea groups is 1. The highest BCUT2D eigenvalue weighted by Crippen LogP contribution is 2.39. The van der Waals surface area contributed by atoms with E-state index in [1.807, 2.05) is 13.8 Å². The molecule has 1 aliphatic heterocycles. The number of anilines is 1. The van der Waals surface area contributed by atoms with E-state index in [1.54, 1.807) is 38.1 Å². The Morgan fingerprint density at radius 3 is 2.56 bits per heavy atom. The molecule has 1 aromatic heterocycles. The van der Waals surface area contributed by atoms with Gasteiger partial charge in [0.15, 0.2) is 0 Å². The third-order valence-electron chi connectivity index (χ3n) is 5.69. The summed E-state index contributed by atoms with van der Waals surface area (Å²) in [5, 5.41) is 16.6. The zero-order valence-corrected chi connectivity index (χ0v) is 20.9. The van der Waals surface area contributed by atoms with Crippen molar-refractivity contribution in [2.75, 3.05) is 17.6 Å². The molecular weight excluding hydrogens is 478 g/mol. The summed E-state index contributed by atoms with van der Waals surface area (Å²) in [5.74, 6) is -0.662. The number of thioether (sulfide) groups is 1. The summed E-state index contributed by atoms with van der Waals surface area (Å²) in [7, 11) is -4.07. The molecule has 1 unspecified atom stereocenters. The van der Waals surface area contributed by atoms with E-state index in [-0.39, 0.29) is 23.5 Å². The molecule has 3 N–H and O–H groups in total. The van der Waals surface area contributed by atoms with Crippen molar-refractivity contribution in [1.82, 2.24) is 9.62 Å². The zero-order chi connectivity index (χ0) is 24.8. The number of sulfonamides is 1. The van der Waals surface area contributed by atoms with E-state index < -0.39 is 26.8 Å². The van der Waals surface area contributed by atoms with E-state index in [9.17, 15) is 23.1 Å². The lowest BCUT2D eigenvalue weighted by molar-refractivity contribution is -0.142. The van der Waals surface area contributed by atoms with Crippen LogP contribution in [0.4, 0.5) is 10.5 Å². The fourth-order valence-corrected chi connectivity index (χ4v) is 7.32. The molecule has 182 valence electrons. The van der Waals surface area contributed by atoms with Crippen LogP contribution in [0.5, 0.6) is 0 Å². The molecule has 0 saturated carbocycles. The average Bonchev–Trinajstić information content (AvgIpc) is 3.08. The molecule has 0 aliphatic carbocycles. The van der Waals surface area contributed by atoms with Crippen LogP contribution in [0.2, 0.25) is 0 Å². The fourth-order valence-electron chi connectivity index (χ4n) is 4.19. The maximum Gasteiger partial charge on any atom is 0.323 e. The van der Waals surface area contributed by atoms with Crippen LogP contribution in [0.1, 0.15) is 27.7 Å². The van der Waals surface area contributed by atoms with Gasteiger partial charge in [0.05, 0.1) is 4.90 Å². The monoisotopic (exact) mass is 505 g/mol. The third kappa shape index (κ3) is 4.47. The van der Waals surface area contributed by atoms with Crippen LogP contribution in [-0.2, 0) is 14.8 Å². The second-order valence-corrected chi connectivity index (χ2v) is 12.7. The Morgan fingerprint density at radius 1 is 1.15 bits per heavy atom. The predicted octanol–water partition coefficient (Wildman–Crippen LogP) is 4.09. The van der Waals surface area contributed by atoms with Gasteiger partial charge in [-0.2, -0.15) is 16.1 Å². The number of hydrogen-bond acceptors (Lipinski definition) is 6. The number of amides is 2. The Morgan fingerprint density at radius 2 is 1.88 bits per heavy atom. The third-order valence-corrected chi connectivity index (χ3v) is 8.91. The highest BCUT2D eigenvalue weighted by Gasteiger charge is 2.48. The fraction of sp³-hybridized carbons (Fsp3) is 0.391. The van der Waals surface area contributed by atoms with Crippen LogP contribution in [0.3, 0.4) is 0 Å². The highest BCUT2D eigenvalue weighted by molar-refractivity contribution is 8.00. The minimum absolute atomic E-state index is 0.00941. The summed E-state index contributed by atoms with van der Waals surface area (Å²) >= 11 is 1.45. The molecule has 34 heavy (non-hydrogen) atoms. The van der Waals surface area contributed by atoms with Gasteiger partial charge in [0.2, 0.25) is 10.0 Å². The van der Waals surface area contributed by atoms with Gasteiger partial charge < -0.3 is 20.2 Å². The number of nitrogens with zero attached hydrogens (tertiary/aromatic N) is 1. The van der Waals surface area contributed by atoms with Gasteiger partial charge >= 0.3 is 12.0 Å². The Bertz CT molecular complexity index is 1380. The number of carboxylic acid groups (broad SMARTS) is 1. The molecule has 1 atom stereocenters. The zero-order valence-electron chi connectivity index (χ0n) is 19.3. The molecule has 0 spiro atoms. The molecule has 1 aliphatic rings. The minimum Gasteiger partial charge on any atom is -0.480 e. The molecular formula is C23H27N3O6S2. The number of carbonyl (C=O) groups is 2. The van der Waals surface area contributed by atoms with Gasteiger partial charge in [-0.05, 0) is 58.0 Å². The van der Waals surface area contributed by atoms with Crippen molar-refractivity contribution < 1.29 is 27.5 Å². The summed E-state index contributed by atoms with van der Waals surface area (Å²) in [6.07, 6.45) is 0. The molecule has 4 rings (SSSR count). The second-order valence-electron chi connectivity index (χ2n) is 9.03. The molecule has 9 nitrogen and oxygen atoms in total. The molecule has 2 amide bonds. The van der Waals surface area contributed by atoms with Crippen molar-refractivity contribution in [3.05, 3.63) is 36.4 Å². The first-order valence-electron chi connectivity index (χ1n) is 10.8. The lowest BCUT2D eigenvalue weighted by Crippen LogP contribution is -2.58. The Kier molecular flexibility index (Phi) is 6.30. The number of fused-ring (bicyclic) bond motifs is 3. The number of hydrogen-bond donors (Lipinski definition) is 3. The van der Waals surface area contributed by atoms with E-state index in [4.69, 9.17) is 4.42 Å². The Balaban J connectivity index is 1.72. The van der Waals surface area contributed by atoms with Crippen LogP contribution < -0.4 is 10.6 Å². The van der Waals surface area contributed by atoms with E-state index in [1.165, 1.54) is 23.9 Å². The van der Waals surface area contributed by atoms with Crippen molar-refractivity contribution in [1.29, 1.82) is 0 Å². The number of nitrogens with one attached hydrogen (secondary N) is 2. The van der Waals surface area contributed by atoms with Crippen LogP contribution in [0.25, 0.3) is 21.9 Å². The van der Waals surface area contributed by atoms with Crippen LogP contribution in [0, 0.1) is 0 Å². The van der Waals surface area contributed by atoms with Crippen LogP contribution in [-0.4, -0.2) is 59.0 Å². The number of furan rings is 1. The second kappa shape index (κ2) is 8.79. The van der Waals surface area contributed by atoms with Crippen molar-refractivity contribution in [2.24, 2.45) is 0 Å². The molecule has 1 saturated heterocycles. The SMILES string of the molecule is CC(C)NC(=O)Nc1ccc2c(c1)oc1ccc(S(=O)(=O)N3CCSC(C)(C)C3C(=O)O)cc12. The summed E-state index contributed by atoms with van der Waals surface area (Å²) < 4.78 is 33.2. The number of benzene rings is 2. The van der Waals surface area contributed by atoms with Gasteiger partial charge in [0.25, 0.3) is 0 Å². The standard InChI is InChI=1S/C23H27N3O6S2/c1-13(2)24-22(29)25-14-5-7-16-17-12-15(6-8-18(17)32-19(16)11-14)34(30,31)26-9-10-33-23(3,4)20(26)21(27)28/h5-8,11-13,20H,9-10H2,1-4H3,(H,27,28)(H2,24,25,29). The summed E-state index contributed by atoms with van der Waals surface area (Å²) in [6, 6.07) is 8.13. The molecule has 0 bridgehead atoms. The van der Waals surface area contributed by atoms with Gasteiger partial charge in [-0.1, -0.05) is 0 Å². The first-order valence-corrected chi connectivity index (χ1v) is 13.2. The maximum absolute atomic E-state index is 13.5. The van der Waals surface area contributed by atoms with E-state index in [2.05, 4.69) is 10.6 Å². The average molecular weight is 506 g/mol. The van der Waals surface area contributed by atoms with Gasteiger partial charge in [-0.25, -0.2) is 13.2 Å². The molecule has 2 heterocycles. The lowest BCUT2D eigenvalue weighted by atomic mass is 10.0. The molecule has 2 aromatic carbocycles.